The Hall–Kier alpha value is 0.520. The molecule has 0 bridgehead atoms. The Morgan fingerprint density at radius 3 is 1.61 bits per heavy atom. The van der Waals surface area contributed by atoms with Crippen LogP contribution >= 0.6 is 70.6 Å². The maximum atomic E-state index is 11.6. The Kier molecular flexibility index (Phi) is 12.6. The Balaban J connectivity index is 1.60. The molecule has 2 saturated heterocycles. The molecule has 2 fully saturated rings. The molecule has 0 aromatic rings. The van der Waals surface area contributed by atoms with Gasteiger partial charge >= 0.3 is 11.9 Å². The van der Waals surface area contributed by atoms with Crippen molar-refractivity contribution in [3.8, 4) is 0 Å². The lowest BCUT2D eigenvalue weighted by molar-refractivity contribution is -0.139. The summed E-state index contributed by atoms with van der Waals surface area (Å²) >= 11 is 11.8. The van der Waals surface area contributed by atoms with Gasteiger partial charge in [-0.3, -0.25) is 0 Å². The van der Waals surface area contributed by atoms with Crippen molar-refractivity contribution in [2.75, 3.05) is 29.8 Å². The first-order valence-corrected chi connectivity index (χ1v) is 16.2. The Labute approximate surface area is 212 Å². The number of hydrogen-bond donors (Lipinski definition) is 0. The molecule has 31 heavy (non-hydrogen) atoms. The largest absolute Gasteiger partial charge is 0.461 e. The number of ether oxygens (including phenoxy) is 2. The highest BCUT2D eigenvalue weighted by molar-refractivity contribution is 8.24. The predicted molar refractivity (Wildman–Crippen MR) is 146 cm³/mol. The van der Waals surface area contributed by atoms with Crippen LogP contribution in [0.4, 0.5) is 0 Å². The molecule has 0 saturated carbocycles. The van der Waals surface area contributed by atoms with Crippen LogP contribution in [0.15, 0.2) is 24.3 Å². The van der Waals surface area contributed by atoms with Gasteiger partial charge in [0, 0.05) is 48.7 Å². The van der Waals surface area contributed by atoms with Crippen molar-refractivity contribution in [2.45, 2.75) is 57.9 Å². The number of carbonyl (C=O) groups excluding carboxylic acids is 2. The normalized spacial score (nSPS) is 27.5. The molecule has 2 rings (SSSR count). The third-order valence-corrected chi connectivity index (χ3v) is 15.1. The quantitative estimate of drug-likeness (QED) is 0.173. The predicted octanol–water partition coefficient (Wildman–Crippen LogP) is 5.78. The van der Waals surface area contributed by atoms with E-state index in [4.69, 9.17) is 9.47 Å². The van der Waals surface area contributed by atoms with Crippen LogP contribution in [0.5, 0.6) is 0 Å². The van der Waals surface area contributed by atoms with E-state index in [1.807, 2.05) is 70.6 Å². The minimum absolute atomic E-state index is 0.291. The van der Waals surface area contributed by atoms with E-state index in [0.29, 0.717) is 54.5 Å². The molecule has 0 amide bonds. The molecule has 0 aromatic heterocycles. The van der Waals surface area contributed by atoms with Crippen LogP contribution in [0.25, 0.3) is 0 Å². The molecular formula is C21H32O4S6. The van der Waals surface area contributed by atoms with Gasteiger partial charge in [-0.1, -0.05) is 27.0 Å². The molecule has 0 aliphatic carbocycles. The summed E-state index contributed by atoms with van der Waals surface area (Å²) in [4.78, 5) is 23.1. The van der Waals surface area contributed by atoms with E-state index in [2.05, 4.69) is 27.0 Å². The summed E-state index contributed by atoms with van der Waals surface area (Å²) in [7, 11) is 0. The van der Waals surface area contributed by atoms with Crippen molar-refractivity contribution in [1.82, 2.24) is 0 Å². The molecule has 0 spiro atoms. The number of hydrogen-bond acceptors (Lipinski definition) is 10. The van der Waals surface area contributed by atoms with E-state index < -0.39 is 0 Å². The van der Waals surface area contributed by atoms with Gasteiger partial charge in [-0.15, -0.1) is 70.6 Å². The highest BCUT2D eigenvalue weighted by Gasteiger charge is 2.33. The van der Waals surface area contributed by atoms with E-state index in [0.717, 1.165) is 16.6 Å². The van der Waals surface area contributed by atoms with Gasteiger partial charge in [-0.25, -0.2) is 9.59 Å². The number of esters is 2. The second-order valence-electron chi connectivity index (χ2n) is 7.54. The van der Waals surface area contributed by atoms with Gasteiger partial charge in [0.15, 0.2) is 0 Å². The first kappa shape index (κ1) is 27.8. The van der Waals surface area contributed by atoms with Crippen LogP contribution in [0.2, 0.25) is 0 Å². The van der Waals surface area contributed by atoms with Crippen LogP contribution in [-0.4, -0.2) is 71.9 Å². The zero-order valence-electron chi connectivity index (χ0n) is 18.5. The summed E-state index contributed by atoms with van der Waals surface area (Å²) in [5.74, 6) is 1.47. The van der Waals surface area contributed by atoms with E-state index >= 15 is 0 Å². The lowest BCUT2D eigenvalue weighted by Gasteiger charge is -2.21. The van der Waals surface area contributed by atoms with E-state index in [1.54, 1.807) is 13.8 Å². The molecule has 6 unspecified atom stereocenters. The van der Waals surface area contributed by atoms with E-state index in [9.17, 15) is 9.59 Å². The third kappa shape index (κ3) is 9.73. The second kappa shape index (κ2) is 14.0. The van der Waals surface area contributed by atoms with Gasteiger partial charge in [0.25, 0.3) is 0 Å². The van der Waals surface area contributed by atoms with Crippen molar-refractivity contribution < 1.29 is 19.1 Å². The minimum Gasteiger partial charge on any atom is -0.461 e. The smallest absolute Gasteiger partial charge is 0.333 e. The minimum atomic E-state index is -0.291. The fourth-order valence-corrected chi connectivity index (χ4v) is 12.9. The van der Waals surface area contributed by atoms with Crippen LogP contribution in [-0.2, 0) is 19.1 Å². The molecular weight excluding hydrogens is 509 g/mol. The van der Waals surface area contributed by atoms with Crippen molar-refractivity contribution in [3.63, 3.8) is 0 Å². The van der Waals surface area contributed by atoms with Crippen molar-refractivity contribution >= 4 is 82.5 Å². The van der Waals surface area contributed by atoms with Crippen LogP contribution < -0.4 is 0 Å². The maximum absolute atomic E-state index is 11.6. The average molecular weight is 541 g/mol. The standard InChI is InChI=1S/C21H32O4S6/c1-12(2)18(22)24-7-16-9-26-20(30-16)14(5)28-11-29-15(6)21-27-10-17(31-21)8-25-19(23)13(3)4/h14-17,20-21H,1,3,7-11H2,2,4-6H3. The van der Waals surface area contributed by atoms with Crippen LogP contribution in [0.1, 0.15) is 27.7 Å². The summed E-state index contributed by atoms with van der Waals surface area (Å²) in [5, 5.41) is 2.91. The summed E-state index contributed by atoms with van der Waals surface area (Å²) < 4.78 is 11.7. The van der Waals surface area contributed by atoms with Gasteiger partial charge < -0.3 is 9.47 Å². The highest BCUT2D eigenvalue weighted by Crippen LogP contribution is 2.46. The molecule has 176 valence electrons. The van der Waals surface area contributed by atoms with Crippen molar-refractivity contribution in [2.24, 2.45) is 0 Å². The molecule has 4 nitrogen and oxygen atoms in total. The number of rotatable bonds is 12. The van der Waals surface area contributed by atoms with Gasteiger partial charge in [0.1, 0.15) is 13.2 Å². The van der Waals surface area contributed by atoms with Gasteiger partial charge in [0.05, 0.1) is 9.16 Å². The van der Waals surface area contributed by atoms with E-state index in [-0.39, 0.29) is 11.9 Å². The Morgan fingerprint density at radius 2 is 1.26 bits per heavy atom. The van der Waals surface area contributed by atoms with Crippen LogP contribution in [0.3, 0.4) is 0 Å². The molecule has 2 aliphatic rings. The topological polar surface area (TPSA) is 52.6 Å². The zero-order chi connectivity index (χ0) is 23.0. The van der Waals surface area contributed by atoms with Gasteiger partial charge in [-0.05, 0) is 13.8 Å². The first-order valence-electron chi connectivity index (χ1n) is 10.1. The fourth-order valence-electron chi connectivity index (χ4n) is 2.60. The molecule has 2 aliphatic heterocycles. The SMILES string of the molecule is C=C(C)C(=O)OCC1CSC(C(C)SCSC(C)C2SCC(COC(=O)C(=C)C)S2)S1. The highest BCUT2D eigenvalue weighted by atomic mass is 32.2. The van der Waals surface area contributed by atoms with Gasteiger partial charge in [0.2, 0.25) is 0 Å². The zero-order valence-corrected chi connectivity index (χ0v) is 23.4. The Bertz CT molecular complexity index is 604. The summed E-state index contributed by atoms with van der Waals surface area (Å²) in [5.41, 5.74) is 0.917. The van der Waals surface area contributed by atoms with E-state index in [1.165, 1.54) is 0 Å². The van der Waals surface area contributed by atoms with Crippen LogP contribution in [0, 0.1) is 0 Å². The van der Waals surface area contributed by atoms with Crippen molar-refractivity contribution in [3.05, 3.63) is 24.3 Å². The number of thioether (sulfide) groups is 6. The summed E-state index contributed by atoms with van der Waals surface area (Å²) in [6.07, 6.45) is 0. The monoisotopic (exact) mass is 540 g/mol. The first-order chi connectivity index (χ1) is 14.7. The maximum Gasteiger partial charge on any atom is 0.333 e. The molecule has 0 radical (unpaired) electrons. The molecule has 2 heterocycles. The lowest BCUT2D eigenvalue weighted by atomic mass is 10.4. The Morgan fingerprint density at radius 1 is 0.871 bits per heavy atom. The molecule has 0 aromatic carbocycles. The second-order valence-corrected chi connectivity index (χ2v) is 16.5. The fraction of sp³-hybridized carbons (Fsp3) is 0.714. The lowest BCUT2D eigenvalue weighted by Crippen LogP contribution is -2.18. The van der Waals surface area contributed by atoms with Gasteiger partial charge in [-0.2, -0.15) is 0 Å². The average Bonchev–Trinajstić information content (AvgIpc) is 3.39. The molecule has 10 heteroatoms. The summed E-state index contributed by atoms with van der Waals surface area (Å²) in [6, 6.07) is 0. The summed E-state index contributed by atoms with van der Waals surface area (Å²) in [6.45, 7) is 16.2. The molecule has 0 N–H and O–H groups in total. The third-order valence-electron chi connectivity index (χ3n) is 4.47. The number of carbonyl (C=O) groups is 2. The molecule has 6 atom stereocenters. The van der Waals surface area contributed by atoms with Crippen molar-refractivity contribution in [1.29, 1.82) is 0 Å².